The Labute approximate surface area is 414 Å². The number of halogens is 8. The predicted molar refractivity (Wildman–Crippen MR) is 253 cm³/mol. The molecule has 0 amide bonds. The summed E-state index contributed by atoms with van der Waals surface area (Å²) in [5.74, 6) is 0.110. The molecule has 0 saturated carbocycles. The van der Waals surface area contributed by atoms with Crippen LogP contribution < -0.4 is 28.4 Å². The summed E-state index contributed by atoms with van der Waals surface area (Å²) in [6.07, 6.45) is 1.56. The van der Waals surface area contributed by atoms with E-state index in [0.717, 1.165) is 0 Å². The van der Waals surface area contributed by atoms with Crippen molar-refractivity contribution in [2.24, 2.45) is 0 Å². The number of pyridine rings is 2. The van der Waals surface area contributed by atoms with Crippen molar-refractivity contribution in [2.75, 3.05) is 26.4 Å². The Morgan fingerprint density at radius 3 is 1.28 bits per heavy atom. The second-order valence-electron chi connectivity index (χ2n) is 13.7. The summed E-state index contributed by atoms with van der Waals surface area (Å²) in [4.78, 5) is 31.1. The minimum atomic E-state index is -0.938. The van der Waals surface area contributed by atoms with Gasteiger partial charge in [0, 0.05) is 48.2 Å². The average molecular weight is 1060 g/mol. The lowest BCUT2D eigenvalue weighted by molar-refractivity contribution is -0.386. The van der Waals surface area contributed by atoms with Crippen LogP contribution in [-0.2, 0) is 4.74 Å². The Hall–Kier alpha value is -3.90. The molecule has 0 radical (unpaired) electrons. The van der Waals surface area contributed by atoms with E-state index in [2.05, 4.69) is 9.97 Å². The van der Waals surface area contributed by atoms with Gasteiger partial charge >= 0.3 is 11.4 Å². The number of rotatable bonds is 26. The molecule has 0 fully saturated rings. The minimum Gasteiger partial charge on any atom is -0.489 e. The zero-order valence-electron chi connectivity index (χ0n) is 35.0. The summed E-state index contributed by atoms with van der Waals surface area (Å²) in [6.45, 7) is 7.34. The Morgan fingerprint density at radius 2 is 0.969 bits per heavy atom. The fourth-order valence-electron chi connectivity index (χ4n) is 5.57. The third-order valence-electron chi connectivity index (χ3n) is 9.10. The second-order valence-corrected chi connectivity index (χ2v) is 17.4. The molecule has 2 aromatic carbocycles. The first-order valence-electron chi connectivity index (χ1n) is 19.7. The third kappa shape index (κ3) is 16.7. The van der Waals surface area contributed by atoms with Crippen molar-refractivity contribution in [3.05, 3.63) is 121 Å². The van der Waals surface area contributed by atoms with Crippen molar-refractivity contribution in [2.45, 2.75) is 77.8 Å². The van der Waals surface area contributed by atoms with E-state index in [1.807, 2.05) is 13.8 Å². The maximum Gasteiger partial charge on any atom is 0.331 e. The monoisotopic (exact) mass is 1060 g/mol. The molecule has 0 N–H and O–H groups in total. The molecule has 0 saturated heterocycles. The third-order valence-corrected chi connectivity index (χ3v) is 11.0. The molecule has 2 heterocycles. The quantitative estimate of drug-likeness (QED) is 0.0330. The van der Waals surface area contributed by atoms with Crippen LogP contribution in [0.2, 0.25) is 20.1 Å². The van der Waals surface area contributed by atoms with Crippen LogP contribution in [0.5, 0.6) is 35.0 Å². The Balaban J connectivity index is 1.64. The summed E-state index contributed by atoms with van der Waals surface area (Å²) >= 11 is 50.1. The molecule has 0 aliphatic carbocycles. The van der Waals surface area contributed by atoms with E-state index in [0.29, 0.717) is 35.5 Å². The van der Waals surface area contributed by atoms with Gasteiger partial charge in [-0.15, -0.1) is 0 Å². The van der Waals surface area contributed by atoms with Crippen LogP contribution in [0.15, 0.2) is 69.7 Å². The van der Waals surface area contributed by atoms with Crippen LogP contribution in [-0.4, -0.2) is 58.5 Å². The maximum absolute atomic E-state index is 11.8. The van der Waals surface area contributed by atoms with Gasteiger partial charge in [-0.05, 0) is 63.1 Å². The Morgan fingerprint density at radius 1 is 0.615 bits per heavy atom. The number of benzene rings is 2. The molecular formula is C42H42Cl8N4O11. The van der Waals surface area contributed by atoms with Crippen molar-refractivity contribution in [3.8, 4) is 35.0 Å². The van der Waals surface area contributed by atoms with E-state index >= 15 is 0 Å². The van der Waals surface area contributed by atoms with Gasteiger partial charge < -0.3 is 33.2 Å². The first kappa shape index (κ1) is 53.7. The number of ether oxygens (including phenoxy) is 7. The summed E-state index contributed by atoms with van der Waals surface area (Å²) in [6, 6.07) is 11.2. The zero-order valence-corrected chi connectivity index (χ0v) is 41.1. The lowest BCUT2D eigenvalue weighted by Crippen LogP contribution is -2.17. The Bertz CT molecular complexity index is 2130. The van der Waals surface area contributed by atoms with Gasteiger partial charge in [-0.25, -0.2) is 0 Å². The van der Waals surface area contributed by atoms with Crippen LogP contribution in [0.3, 0.4) is 0 Å². The number of nitro groups is 2. The van der Waals surface area contributed by atoms with E-state index in [4.69, 9.17) is 126 Å². The highest BCUT2D eigenvalue weighted by atomic mass is 35.5. The molecule has 0 bridgehead atoms. The molecule has 352 valence electrons. The fourth-order valence-corrected chi connectivity index (χ4v) is 7.24. The summed E-state index contributed by atoms with van der Waals surface area (Å²) in [5, 5.41) is 24.3. The van der Waals surface area contributed by atoms with E-state index in [1.54, 1.807) is 13.8 Å². The van der Waals surface area contributed by atoms with E-state index in [-0.39, 0.29) is 115 Å². The largest absolute Gasteiger partial charge is 0.489 e. The van der Waals surface area contributed by atoms with Gasteiger partial charge in [0.15, 0.2) is 0 Å². The number of hydrogen-bond donors (Lipinski definition) is 0. The van der Waals surface area contributed by atoms with Gasteiger partial charge in [-0.1, -0.05) is 107 Å². The van der Waals surface area contributed by atoms with Gasteiger partial charge in [0.1, 0.15) is 45.9 Å². The molecule has 65 heavy (non-hydrogen) atoms. The molecule has 4 rings (SSSR count). The maximum atomic E-state index is 11.8. The highest BCUT2D eigenvalue weighted by Gasteiger charge is 2.28. The molecule has 4 aromatic rings. The highest BCUT2D eigenvalue weighted by Crippen LogP contribution is 2.41. The van der Waals surface area contributed by atoms with E-state index in [1.165, 1.54) is 60.7 Å². The minimum absolute atomic E-state index is 0.0118. The molecule has 15 nitrogen and oxygen atoms in total. The SMILES string of the molecule is CCC(C)Oc1nc(OC(CCOCCC(Oc2ccc([N+](=O)[O-])c(OC(C)CC)n2)c2c(Cl)cc(OCC=C(Cl)Cl)cc2Cl)c2c(Cl)cc(OCC=C(Cl)Cl)cc2Cl)ccc1[N+](=O)[O-]. The van der Waals surface area contributed by atoms with Crippen molar-refractivity contribution < 1.29 is 43.0 Å². The standard InChI is InChI=1S/C42H42Cl8N4O11/c1-5-23(3)62-41-31(53(55)56)7-9-37(51-41)64-33(39-27(43)19-25(20-28(39)44)60-17-13-35(47)48)11-15-59-16-12-34(40-29(45)21-26(22-30(40)46)61-18-14-36(49)50)65-38-10-8-32(54(57)58)42(52-38)63-24(4)6-2/h7-10,13-14,19-24,33-34H,5-6,11-12,15-18H2,1-4H3. The van der Waals surface area contributed by atoms with Gasteiger partial charge in [0.2, 0.25) is 11.8 Å². The molecule has 23 heteroatoms. The lowest BCUT2D eigenvalue weighted by Gasteiger charge is -2.24. The van der Waals surface area contributed by atoms with E-state index < -0.39 is 22.1 Å². The van der Waals surface area contributed by atoms with Crippen LogP contribution in [0, 0.1) is 20.2 Å². The second kappa shape index (κ2) is 26.4. The van der Waals surface area contributed by atoms with E-state index in [9.17, 15) is 20.2 Å². The van der Waals surface area contributed by atoms with Gasteiger partial charge in [0.25, 0.3) is 11.8 Å². The van der Waals surface area contributed by atoms with Gasteiger partial charge in [-0.3, -0.25) is 20.2 Å². The Kier molecular flexibility index (Phi) is 21.9. The van der Waals surface area contributed by atoms with Crippen LogP contribution in [0.4, 0.5) is 11.4 Å². The summed E-state index contributed by atoms with van der Waals surface area (Å²) in [7, 11) is 0. The smallest absolute Gasteiger partial charge is 0.331 e. The van der Waals surface area contributed by atoms with Crippen molar-refractivity contribution in [1.82, 2.24) is 9.97 Å². The van der Waals surface area contributed by atoms with Crippen molar-refractivity contribution in [3.63, 3.8) is 0 Å². The molecule has 4 atom stereocenters. The normalized spacial score (nSPS) is 12.9. The average Bonchev–Trinajstić information content (AvgIpc) is 3.22. The van der Waals surface area contributed by atoms with Gasteiger partial charge in [-0.2, -0.15) is 9.97 Å². The first-order chi connectivity index (χ1) is 30.9. The fraction of sp³-hybridized carbons (Fsp3) is 0.381. The summed E-state index contributed by atoms with van der Waals surface area (Å²) < 4.78 is 41.7. The topological polar surface area (TPSA) is 177 Å². The van der Waals surface area contributed by atoms with Crippen LogP contribution >= 0.6 is 92.8 Å². The van der Waals surface area contributed by atoms with Crippen LogP contribution in [0.1, 0.15) is 76.7 Å². The predicted octanol–water partition coefficient (Wildman–Crippen LogP) is 14.4. The molecular weight excluding hydrogens is 1020 g/mol. The molecule has 0 aliphatic heterocycles. The molecule has 4 unspecified atom stereocenters. The van der Waals surface area contributed by atoms with Crippen molar-refractivity contribution >= 4 is 104 Å². The number of nitrogens with zero attached hydrogens (tertiary/aromatic N) is 4. The highest BCUT2D eigenvalue weighted by molar-refractivity contribution is 6.56. The number of hydrogen-bond acceptors (Lipinski definition) is 13. The first-order valence-corrected chi connectivity index (χ1v) is 22.7. The van der Waals surface area contributed by atoms with Crippen LogP contribution in [0.25, 0.3) is 0 Å². The summed E-state index contributed by atoms with van der Waals surface area (Å²) in [5.41, 5.74) is -0.0237. The van der Waals surface area contributed by atoms with Gasteiger partial charge in [0.05, 0.1) is 55.4 Å². The number of aromatic nitrogens is 2. The molecule has 2 aromatic heterocycles. The molecule has 0 spiro atoms. The lowest BCUT2D eigenvalue weighted by atomic mass is 10.1. The molecule has 0 aliphatic rings. The van der Waals surface area contributed by atoms with Crippen molar-refractivity contribution in [1.29, 1.82) is 0 Å². The zero-order chi connectivity index (χ0) is 47.8.